The number of aliphatic carboxylic acids is 1. The lowest BCUT2D eigenvalue weighted by Crippen LogP contribution is -2.37. The zero-order chi connectivity index (χ0) is 25.7. The van der Waals surface area contributed by atoms with E-state index in [1.165, 1.54) is 18.2 Å². The number of halogens is 1. The Balaban J connectivity index is 2.09. The SMILES string of the molecule is CC(C)c1nc(N(C)c2nn[nH][n+]2C)nc(-c2ccc(F)cc2)c1/C=C/[C@@H](O)C[C@@H](O)CC(=O)O. The van der Waals surface area contributed by atoms with Gasteiger partial charge in [-0.25, -0.2) is 19.3 Å². The van der Waals surface area contributed by atoms with Crippen LogP contribution in [-0.4, -0.2) is 66.0 Å². The number of aliphatic hydroxyl groups excluding tert-OH is 2. The second-order valence-corrected chi connectivity index (χ2v) is 8.46. The van der Waals surface area contributed by atoms with Gasteiger partial charge in [-0.3, -0.25) is 4.79 Å². The highest BCUT2D eigenvalue weighted by molar-refractivity contribution is 5.75. The van der Waals surface area contributed by atoms with Crippen LogP contribution < -0.4 is 9.58 Å². The van der Waals surface area contributed by atoms with Crippen molar-refractivity contribution in [1.29, 1.82) is 0 Å². The van der Waals surface area contributed by atoms with Gasteiger partial charge in [0.05, 0.1) is 49.2 Å². The van der Waals surface area contributed by atoms with E-state index in [0.717, 1.165) is 0 Å². The van der Waals surface area contributed by atoms with Gasteiger partial charge in [-0.15, -0.1) is 5.21 Å². The number of anilines is 2. The number of carbonyl (C=O) groups is 1. The molecule has 2 atom stereocenters. The van der Waals surface area contributed by atoms with Crippen molar-refractivity contribution in [2.45, 2.75) is 44.8 Å². The lowest BCUT2D eigenvalue weighted by molar-refractivity contribution is -0.719. The Labute approximate surface area is 201 Å². The van der Waals surface area contributed by atoms with Crippen molar-refractivity contribution >= 4 is 23.9 Å². The zero-order valence-electron chi connectivity index (χ0n) is 19.9. The van der Waals surface area contributed by atoms with E-state index in [1.54, 1.807) is 41.9 Å². The number of aliphatic hydroxyl groups is 2. The van der Waals surface area contributed by atoms with Gasteiger partial charge in [0.1, 0.15) is 11.0 Å². The Hall–Kier alpha value is -3.77. The minimum Gasteiger partial charge on any atom is -0.481 e. The van der Waals surface area contributed by atoms with Gasteiger partial charge in [0.2, 0.25) is 0 Å². The van der Waals surface area contributed by atoms with Crippen molar-refractivity contribution < 1.29 is 29.2 Å². The topological polar surface area (TPSA) is 152 Å². The Morgan fingerprint density at radius 2 is 1.91 bits per heavy atom. The molecular formula is C23H29FN7O4+. The molecule has 12 heteroatoms. The molecule has 2 aromatic heterocycles. The molecule has 0 saturated heterocycles. The highest BCUT2D eigenvalue weighted by atomic mass is 19.1. The van der Waals surface area contributed by atoms with Gasteiger partial charge >= 0.3 is 11.9 Å². The highest BCUT2D eigenvalue weighted by Gasteiger charge is 2.25. The molecule has 0 amide bonds. The normalized spacial score (nSPS) is 13.4. The molecule has 0 aliphatic rings. The van der Waals surface area contributed by atoms with Crippen LogP contribution in [0.5, 0.6) is 0 Å². The monoisotopic (exact) mass is 486 g/mol. The number of rotatable bonds is 10. The summed E-state index contributed by atoms with van der Waals surface area (Å²) in [6, 6.07) is 5.87. The van der Waals surface area contributed by atoms with Crippen LogP contribution in [0.1, 0.15) is 43.9 Å². The zero-order valence-corrected chi connectivity index (χ0v) is 19.9. The lowest BCUT2D eigenvalue weighted by atomic mass is 9.97. The maximum atomic E-state index is 13.6. The smallest absolute Gasteiger partial charge is 0.408 e. The average Bonchev–Trinajstić information content (AvgIpc) is 3.22. The van der Waals surface area contributed by atoms with Gasteiger partial charge in [0.15, 0.2) is 0 Å². The predicted molar refractivity (Wildman–Crippen MR) is 125 cm³/mol. The fraction of sp³-hybridized carbons (Fsp3) is 0.391. The van der Waals surface area contributed by atoms with Crippen LogP contribution in [-0.2, 0) is 11.8 Å². The van der Waals surface area contributed by atoms with Crippen LogP contribution in [0.25, 0.3) is 17.3 Å². The van der Waals surface area contributed by atoms with E-state index in [0.29, 0.717) is 34.4 Å². The molecule has 0 spiro atoms. The summed E-state index contributed by atoms with van der Waals surface area (Å²) >= 11 is 0. The number of aromatic amines is 1. The molecule has 0 aliphatic heterocycles. The number of H-pyrrole nitrogens is 1. The number of tetrazole rings is 1. The maximum Gasteiger partial charge on any atom is 0.408 e. The Morgan fingerprint density at radius 3 is 2.49 bits per heavy atom. The lowest BCUT2D eigenvalue weighted by Gasteiger charge is -2.18. The third kappa shape index (κ3) is 6.43. The Bertz CT molecular complexity index is 1200. The summed E-state index contributed by atoms with van der Waals surface area (Å²) in [5, 5.41) is 39.6. The van der Waals surface area contributed by atoms with E-state index in [2.05, 4.69) is 15.5 Å². The Kier molecular flexibility index (Phi) is 8.20. The number of nitrogens with zero attached hydrogens (tertiary/aromatic N) is 6. The van der Waals surface area contributed by atoms with Gasteiger partial charge in [-0.05, 0) is 30.2 Å². The van der Waals surface area contributed by atoms with Gasteiger partial charge in [-0.1, -0.05) is 26.0 Å². The van der Waals surface area contributed by atoms with Crippen molar-refractivity contribution in [1.82, 2.24) is 25.5 Å². The summed E-state index contributed by atoms with van der Waals surface area (Å²) in [4.78, 5) is 21.9. The number of hydrogen-bond donors (Lipinski definition) is 4. The minimum absolute atomic E-state index is 0.0511. The van der Waals surface area contributed by atoms with Gasteiger partial charge in [0.25, 0.3) is 5.95 Å². The van der Waals surface area contributed by atoms with Crippen molar-refractivity contribution in [3.8, 4) is 11.3 Å². The molecule has 1 aromatic carbocycles. The van der Waals surface area contributed by atoms with Crippen molar-refractivity contribution in [2.24, 2.45) is 7.05 Å². The molecule has 35 heavy (non-hydrogen) atoms. The van der Waals surface area contributed by atoms with Crippen LogP contribution in [0.3, 0.4) is 0 Å². The van der Waals surface area contributed by atoms with Crippen LogP contribution in [0.4, 0.5) is 16.3 Å². The van der Waals surface area contributed by atoms with Crippen LogP contribution in [0.15, 0.2) is 30.3 Å². The second kappa shape index (κ2) is 11.1. The average molecular weight is 487 g/mol. The van der Waals surface area contributed by atoms with Gasteiger partial charge in [-0.2, -0.15) is 4.68 Å². The summed E-state index contributed by atoms with van der Waals surface area (Å²) in [6.07, 6.45) is 0.212. The van der Waals surface area contributed by atoms with Crippen LogP contribution in [0, 0.1) is 5.82 Å². The first kappa shape index (κ1) is 25.8. The van der Waals surface area contributed by atoms with Crippen molar-refractivity contribution in [2.75, 3.05) is 11.9 Å². The van der Waals surface area contributed by atoms with Crippen LogP contribution >= 0.6 is 0 Å². The van der Waals surface area contributed by atoms with Gasteiger partial charge in [0, 0.05) is 17.5 Å². The summed E-state index contributed by atoms with van der Waals surface area (Å²) in [5.74, 6) is -0.783. The number of carboxylic acid groups (broad SMARTS) is 1. The second-order valence-electron chi connectivity index (χ2n) is 8.46. The quantitative estimate of drug-likeness (QED) is 0.314. The fourth-order valence-corrected chi connectivity index (χ4v) is 3.53. The molecule has 3 rings (SSSR count). The third-order valence-corrected chi connectivity index (χ3v) is 5.27. The number of aryl methyl sites for hydroxylation is 1. The number of carboxylic acids is 1. The molecule has 0 saturated carbocycles. The predicted octanol–water partition coefficient (Wildman–Crippen LogP) is 1.72. The van der Waals surface area contributed by atoms with Gasteiger partial charge < -0.3 is 15.3 Å². The molecule has 0 aliphatic carbocycles. The first-order valence-electron chi connectivity index (χ1n) is 11.0. The molecule has 0 unspecified atom stereocenters. The number of hydrogen-bond acceptors (Lipinski definition) is 8. The summed E-state index contributed by atoms with van der Waals surface area (Å²) < 4.78 is 15.2. The maximum absolute atomic E-state index is 13.6. The minimum atomic E-state index is -1.19. The summed E-state index contributed by atoms with van der Waals surface area (Å²) in [7, 11) is 3.49. The molecule has 186 valence electrons. The fourth-order valence-electron chi connectivity index (χ4n) is 3.53. The molecular weight excluding hydrogens is 457 g/mol. The van der Waals surface area contributed by atoms with Crippen molar-refractivity contribution in [3.63, 3.8) is 0 Å². The number of aromatic nitrogens is 6. The van der Waals surface area contributed by atoms with E-state index in [9.17, 15) is 19.4 Å². The van der Waals surface area contributed by atoms with E-state index in [4.69, 9.17) is 15.1 Å². The van der Waals surface area contributed by atoms with E-state index in [-0.39, 0.29) is 12.3 Å². The van der Waals surface area contributed by atoms with Crippen molar-refractivity contribution in [3.05, 3.63) is 47.4 Å². The number of nitrogens with one attached hydrogen (secondary N) is 1. The molecule has 2 heterocycles. The molecule has 0 fully saturated rings. The molecule has 4 N–H and O–H groups in total. The number of benzene rings is 1. The standard InChI is InChI=1S/C23H28FN7O4/c1-13(2)20-18(10-9-16(32)11-17(33)12-19(34)35)21(14-5-7-15(24)8-6-14)26-22(25-20)30(3)23-27-28-29-31(23)4/h5-10,13,16-17,32-33H,11-12H2,1-4H3,(H,34,35)/p+1/b10-9+/t16-,17-/m1/s1. The highest BCUT2D eigenvalue weighted by Crippen LogP contribution is 2.32. The summed E-state index contributed by atoms with van der Waals surface area (Å²) in [5.41, 5.74) is 2.42. The molecule has 11 nitrogen and oxygen atoms in total. The first-order chi connectivity index (χ1) is 16.6. The van der Waals surface area contributed by atoms with E-state index >= 15 is 0 Å². The molecule has 0 radical (unpaired) electrons. The summed E-state index contributed by atoms with van der Waals surface area (Å²) in [6.45, 7) is 3.92. The first-order valence-corrected chi connectivity index (χ1v) is 11.0. The molecule has 3 aromatic rings. The van der Waals surface area contributed by atoms with E-state index in [1.807, 2.05) is 13.8 Å². The van der Waals surface area contributed by atoms with E-state index < -0.39 is 30.4 Å². The Morgan fingerprint density at radius 1 is 1.23 bits per heavy atom. The third-order valence-electron chi connectivity index (χ3n) is 5.27. The molecule has 0 bridgehead atoms. The van der Waals surface area contributed by atoms with Crippen LogP contribution in [0.2, 0.25) is 0 Å². The largest absolute Gasteiger partial charge is 0.481 e.